The van der Waals surface area contributed by atoms with Crippen molar-refractivity contribution in [3.8, 4) is 28.5 Å². The Labute approximate surface area is 217 Å². The molecule has 194 valence electrons. The van der Waals surface area contributed by atoms with Gasteiger partial charge in [0.05, 0.1) is 12.6 Å². The third-order valence-corrected chi connectivity index (χ3v) is 7.01. The number of benzene rings is 2. The molecule has 0 saturated carbocycles. The molecule has 0 fully saturated rings. The number of aromatic nitrogens is 1. The molecule has 0 saturated heterocycles. The number of ether oxygens (including phenoxy) is 3. The van der Waals surface area contributed by atoms with Crippen LogP contribution in [0.5, 0.6) is 17.4 Å². The van der Waals surface area contributed by atoms with E-state index in [1.165, 1.54) is 0 Å². The molecule has 3 heterocycles. The van der Waals surface area contributed by atoms with E-state index in [9.17, 15) is 9.90 Å². The van der Waals surface area contributed by atoms with E-state index in [-0.39, 0.29) is 37.4 Å². The fourth-order valence-electron chi connectivity index (χ4n) is 4.83. The monoisotopic (exact) mass is 503 g/mol. The minimum Gasteiger partial charge on any atom is -0.472 e. The number of aliphatic hydroxyl groups is 1. The highest BCUT2D eigenvalue weighted by Gasteiger charge is 2.34. The predicted octanol–water partition coefficient (Wildman–Crippen LogP) is 3.83. The fourth-order valence-corrected chi connectivity index (χ4v) is 4.83. The van der Waals surface area contributed by atoms with Gasteiger partial charge in [-0.3, -0.25) is 9.69 Å². The first-order valence-electron chi connectivity index (χ1n) is 12.6. The Morgan fingerprint density at radius 2 is 1.89 bits per heavy atom. The first kappa shape index (κ1) is 25.0. The molecule has 0 spiro atoms. The third kappa shape index (κ3) is 5.40. The van der Waals surface area contributed by atoms with Crippen molar-refractivity contribution in [2.75, 3.05) is 33.5 Å². The van der Waals surface area contributed by atoms with Gasteiger partial charge in [0, 0.05) is 37.3 Å². The van der Waals surface area contributed by atoms with E-state index in [2.05, 4.69) is 16.8 Å². The van der Waals surface area contributed by atoms with Crippen LogP contribution in [0.15, 0.2) is 60.8 Å². The van der Waals surface area contributed by atoms with Gasteiger partial charge in [-0.1, -0.05) is 43.3 Å². The fraction of sp³-hybridized carbons (Fsp3) is 0.379. The van der Waals surface area contributed by atoms with Gasteiger partial charge < -0.3 is 24.2 Å². The van der Waals surface area contributed by atoms with Crippen molar-refractivity contribution in [1.29, 1.82) is 0 Å². The van der Waals surface area contributed by atoms with Crippen LogP contribution in [-0.4, -0.2) is 71.5 Å². The average molecular weight is 504 g/mol. The molecule has 2 aromatic carbocycles. The molecule has 3 atom stereocenters. The van der Waals surface area contributed by atoms with Gasteiger partial charge in [0.25, 0.3) is 5.91 Å². The lowest BCUT2D eigenvalue weighted by Crippen LogP contribution is -2.49. The summed E-state index contributed by atoms with van der Waals surface area (Å²) in [6.07, 6.45) is 1.54. The van der Waals surface area contributed by atoms with Crippen molar-refractivity contribution in [2.24, 2.45) is 5.92 Å². The number of nitrogens with zero attached hydrogens (tertiary/aromatic N) is 3. The van der Waals surface area contributed by atoms with E-state index in [0.29, 0.717) is 31.1 Å². The van der Waals surface area contributed by atoms with Gasteiger partial charge in [-0.15, -0.1) is 0 Å². The van der Waals surface area contributed by atoms with Crippen molar-refractivity contribution in [3.05, 3.63) is 71.9 Å². The van der Waals surface area contributed by atoms with Crippen molar-refractivity contribution < 1.29 is 24.1 Å². The van der Waals surface area contributed by atoms with Crippen LogP contribution >= 0.6 is 0 Å². The van der Waals surface area contributed by atoms with Crippen molar-refractivity contribution in [3.63, 3.8) is 0 Å². The van der Waals surface area contributed by atoms with E-state index in [1.54, 1.807) is 11.1 Å². The van der Waals surface area contributed by atoms with E-state index < -0.39 is 0 Å². The van der Waals surface area contributed by atoms with Crippen LogP contribution in [0.2, 0.25) is 0 Å². The molecule has 0 bridgehead atoms. The zero-order valence-corrected chi connectivity index (χ0v) is 21.5. The van der Waals surface area contributed by atoms with Gasteiger partial charge in [-0.05, 0) is 43.3 Å². The molecule has 2 aliphatic heterocycles. The summed E-state index contributed by atoms with van der Waals surface area (Å²) in [5.74, 6) is 1.69. The Kier molecular flexibility index (Phi) is 7.30. The molecule has 8 heteroatoms. The second-order valence-electron chi connectivity index (χ2n) is 9.95. The summed E-state index contributed by atoms with van der Waals surface area (Å²) >= 11 is 0. The summed E-state index contributed by atoms with van der Waals surface area (Å²) in [5, 5.41) is 9.91. The molecular formula is C29H33N3O5. The van der Waals surface area contributed by atoms with Crippen LogP contribution in [0.1, 0.15) is 29.8 Å². The van der Waals surface area contributed by atoms with Crippen LogP contribution in [0, 0.1) is 5.92 Å². The molecule has 0 radical (unpaired) electrons. The van der Waals surface area contributed by atoms with Gasteiger partial charge >= 0.3 is 0 Å². The molecule has 0 unspecified atom stereocenters. The average Bonchev–Trinajstić information content (AvgIpc) is 3.38. The Balaban J connectivity index is 1.41. The van der Waals surface area contributed by atoms with E-state index in [1.807, 2.05) is 68.6 Å². The number of hydrogen-bond donors (Lipinski definition) is 1. The number of rotatable bonds is 7. The Hall–Kier alpha value is -3.62. The summed E-state index contributed by atoms with van der Waals surface area (Å²) in [7, 11) is 2.05. The quantitative estimate of drug-likeness (QED) is 0.525. The number of carbonyl (C=O) groups excluding carboxylic acids is 1. The standard InChI is InChI=1S/C29H33N3O5/c1-19-14-32(20(2)17-33)29(34)24-12-23(22-7-5-4-6-8-22)13-30-28(24)37-27(19)16-31(3)15-21-9-10-25-26(11-21)36-18-35-25/h4-13,19-20,27,33H,14-18H2,1-3H3/t19-,20+,27-/m0/s1. The predicted molar refractivity (Wildman–Crippen MR) is 140 cm³/mol. The highest BCUT2D eigenvalue weighted by atomic mass is 16.7. The molecular weight excluding hydrogens is 470 g/mol. The Morgan fingerprint density at radius 3 is 2.68 bits per heavy atom. The maximum Gasteiger partial charge on any atom is 0.259 e. The van der Waals surface area contributed by atoms with Gasteiger partial charge in [0.15, 0.2) is 11.5 Å². The molecule has 2 aliphatic rings. The van der Waals surface area contributed by atoms with Crippen LogP contribution < -0.4 is 14.2 Å². The number of carbonyl (C=O) groups is 1. The summed E-state index contributed by atoms with van der Waals surface area (Å²) in [4.78, 5) is 22.2. The van der Waals surface area contributed by atoms with Crippen LogP contribution in [0.25, 0.3) is 11.1 Å². The summed E-state index contributed by atoms with van der Waals surface area (Å²) in [6, 6.07) is 17.3. The van der Waals surface area contributed by atoms with E-state index in [0.717, 1.165) is 28.2 Å². The Bertz CT molecular complexity index is 1250. The molecule has 1 N–H and O–H groups in total. The number of fused-ring (bicyclic) bond motifs is 2. The zero-order valence-electron chi connectivity index (χ0n) is 21.5. The molecule has 8 nitrogen and oxygen atoms in total. The van der Waals surface area contributed by atoms with Crippen molar-refractivity contribution in [2.45, 2.75) is 32.5 Å². The topological polar surface area (TPSA) is 84.4 Å². The summed E-state index contributed by atoms with van der Waals surface area (Å²) < 4.78 is 17.4. The van der Waals surface area contributed by atoms with Gasteiger partial charge in [-0.2, -0.15) is 0 Å². The van der Waals surface area contributed by atoms with Crippen LogP contribution in [0.4, 0.5) is 0 Å². The molecule has 3 aromatic rings. The minimum absolute atomic E-state index is 0.0147. The minimum atomic E-state index is -0.326. The van der Waals surface area contributed by atoms with Gasteiger partial charge in [0.2, 0.25) is 12.7 Å². The lowest BCUT2D eigenvalue weighted by molar-refractivity contribution is 0.0325. The second-order valence-corrected chi connectivity index (χ2v) is 9.95. The van der Waals surface area contributed by atoms with E-state index in [4.69, 9.17) is 14.2 Å². The first-order valence-corrected chi connectivity index (χ1v) is 12.6. The van der Waals surface area contributed by atoms with Crippen molar-refractivity contribution in [1.82, 2.24) is 14.8 Å². The number of amides is 1. The summed E-state index contributed by atoms with van der Waals surface area (Å²) in [5.41, 5.74) is 3.35. The third-order valence-electron chi connectivity index (χ3n) is 7.01. The molecule has 5 rings (SSSR count). The number of aliphatic hydroxyl groups excluding tert-OH is 1. The molecule has 1 aromatic heterocycles. The van der Waals surface area contributed by atoms with E-state index >= 15 is 0 Å². The highest BCUT2D eigenvalue weighted by Crippen LogP contribution is 2.33. The molecule has 1 amide bonds. The van der Waals surface area contributed by atoms with Gasteiger partial charge in [0.1, 0.15) is 11.7 Å². The van der Waals surface area contributed by atoms with Gasteiger partial charge in [-0.25, -0.2) is 4.98 Å². The lowest BCUT2D eigenvalue weighted by Gasteiger charge is -2.37. The van der Waals surface area contributed by atoms with Crippen LogP contribution in [-0.2, 0) is 6.54 Å². The maximum absolute atomic E-state index is 13.6. The largest absolute Gasteiger partial charge is 0.472 e. The SMILES string of the molecule is C[C@H](CO)N1C[C@H](C)[C@H](CN(C)Cc2ccc3c(c2)OCO3)Oc2ncc(-c3ccccc3)cc2C1=O. The second kappa shape index (κ2) is 10.8. The first-order chi connectivity index (χ1) is 17.9. The van der Waals surface area contributed by atoms with Crippen molar-refractivity contribution >= 4 is 5.91 Å². The van der Waals surface area contributed by atoms with Crippen LogP contribution in [0.3, 0.4) is 0 Å². The number of likely N-dealkylation sites (N-methyl/N-ethyl adjacent to an activating group) is 1. The molecule has 37 heavy (non-hydrogen) atoms. The normalized spacial score (nSPS) is 19.7. The zero-order chi connectivity index (χ0) is 25.9. The molecule has 0 aliphatic carbocycles. The highest BCUT2D eigenvalue weighted by molar-refractivity contribution is 5.98. The number of hydrogen-bond acceptors (Lipinski definition) is 7. The lowest BCUT2D eigenvalue weighted by atomic mass is 9.99. The maximum atomic E-state index is 13.6. The Morgan fingerprint density at radius 1 is 1.11 bits per heavy atom. The smallest absolute Gasteiger partial charge is 0.259 e. The summed E-state index contributed by atoms with van der Waals surface area (Å²) in [6.45, 7) is 5.88. The number of pyridine rings is 1.